The van der Waals surface area contributed by atoms with E-state index >= 15 is 0 Å². The van der Waals surface area contributed by atoms with E-state index in [4.69, 9.17) is 10.5 Å². The van der Waals surface area contributed by atoms with E-state index in [9.17, 15) is 4.79 Å². The molecule has 0 aliphatic carbocycles. The Morgan fingerprint density at radius 2 is 2.35 bits per heavy atom. The molecule has 0 bridgehead atoms. The van der Waals surface area contributed by atoms with E-state index < -0.39 is 0 Å². The number of nitrogens with two attached hydrogens (primary N) is 1. The van der Waals surface area contributed by atoms with Gasteiger partial charge in [-0.2, -0.15) is 0 Å². The van der Waals surface area contributed by atoms with Crippen molar-refractivity contribution >= 4 is 27.5 Å². The maximum absolute atomic E-state index is 12.1. The molecule has 1 aliphatic rings. The largest absolute Gasteiger partial charge is 0.398 e. The van der Waals surface area contributed by atoms with Crippen LogP contribution in [0, 0.1) is 0 Å². The zero-order chi connectivity index (χ0) is 12.5. The van der Waals surface area contributed by atoms with Crippen LogP contribution in [-0.2, 0) is 4.74 Å². The summed E-state index contributed by atoms with van der Waals surface area (Å²) in [5.74, 6) is -0.150. The van der Waals surface area contributed by atoms with Crippen molar-refractivity contribution in [1.29, 1.82) is 0 Å². The molecule has 4 nitrogen and oxygen atoms in total. The molecule has 1 unspecified atom stereocenters. The predicted octanol–water partition coefficient (Wildman–Crippen LogP) is 1.94. The highest BCUT2D eigenvalue weighted by Crippen LogP contribution is 2.21. The molecule has 5 heteroatoms. The van der Waals surface area contributed by atoms with E-state index in [1.807, 2.05) is 6.92 Å². The maximum atomic E-state index is 12.1. The zero-order valence-corrected chi connectivity index (χ0v) is 11.2. The first-order chi connectivity index (χ1) is 8.00. The summed E-state index contributed by atoms with van der Waals surface area (Å²) in [5.41, 5.74) is 6.51. The van der Waals surface area contributed by atoms with Crippen LogP contribution in [0.15, 0.2) is 22.7 Å². The fourth-order valence-electron chi connectivity index (χ4n) is 1.85. The van der Waals surface area contributed by atoms with Crippen molar-refractivity contribution < 1.29 is 9.53 Å². The highest BCUT2D eigenvalue weighted by atomic mass is 79.9. The summed E-state index contributed by atoms with van der Waals surface area (Å²) in [6.07, 6.45) is 0.829. The van der Waals surface area contributed by atoms with Gasteiger partial charge in [0.1, 0.15) is 0 Å². The fourth-order valence-corrected chi connectivity index (χ4v) is 2.23. The van der Waals surface area contributed by atoms with Crippen LogP contribution in [-0.4, -0.2) is 24.7 Å². The molecule has 92 valence electrons. The Morgan fingerprint density at radius 3 is 2.94 bits per heavy atom. The Kier molecular flexibility index (Phi) is 3.40. The molecule has 0 radical (unpaired) electrons. The average Bonchev–Trinajstić information content (AvgIpc) is 2.64. The molecule has 1 aromatic rings. The van der Waals surface area contributed by atoms with Gasteiger partial charge in [0.25, 0.3) is 5.91 Å². The molecule has 1 amide bonds. The fraction of sp³-hybridized carbons (Fsp3) is 0.417. The first-order valence-electron chi connectivity index (χ1n) is 5.45. The van der Waals surface area contributed by atoms with E-state index in [0.29, 0.717) is 24.5 Å². The third kappa shape index (κ3) is 2.79. The molecular weight excluding hydrogens is 284 g/mol. The molecule has 17 heavy (non-hydrogen) atoms. The number of amides is 1. The monoisotopic (exact) mass is 298 g/mol. The highest BCUT2D eigenvalue weighted by Gasteiger charge is 2.31. The second kappa shape index (κ2) is 4.66. The van der Waals surface area contributed by atoms with Gasteiger partial charge in [0, 0.05) is 16.8 Å². The standard InChI is InChI=1S/C12H15BrN2O2/c1-12(4-5-17-7-12)15-11(16)9-3-2-8(13)6-10(9)14/h2-3,6H,4-5,7,14H2,1H3,(H,15,16). The van der Waals surface area contributed by atoms with Gasteiger partial charge in [0.2, 0.25) is 0 Å². The summed E-state index contributed by atoms with van der Waals surface area (Å²) < 4.78 is 6.16. The lowest BCUT2D eigenvalue weighted by Gasteiger charge is -2.23. The van der Waals surface area contributed by atoms with Crippen molar-refractivity contribution in [2.75, 3.05) is 18.9 Å². The first kappa shape index (κ1) is 12.4. The van der Waals surface area contributed by atoms with Crippen LogP contribution in [0.4, 0.5) is 5.69 Å². The molecule has 0 saturated carbocycles. The van der Waals surface area contributed by atoms with E-state index in [0.717, 1.165) is 10.9 Å². The number of nitrogen functional groups attached to an aromatic ring is 1. The van der Waals surface area contributed by atoms with Crippen LogP contribution >= 0.6 is 15.9 Å². The number of carbonyl (C=O) groups is 1. The molecule has 1 saturated heterocycles. The minimum Gasteiger partial charge on any atom is -0.398 e. The third-order valence-electron chi connectivity index (χ3n) is 2.89. The third-order valence-corrected chi connectivity index (χ3v) is 3.39. The van der Waals surface area contributed by atoms with Crippen LogP contribution in [0.3, 0.4) is 0 Å². The van der Waals surface area contributed by atoms with Gasteiger partial charge in [-0.25, -0.2) is 0 Å². The Morgan fingerprint density at radius 1 is 1.59 bits per heavy atom. The maximum Gasteiger partial charge on any atom is 0.253 e. The number of nitrogens with one attached hydrogen (secondary N) is 1. The van der Waals surface area contributed by atoms with Crippen LogP contribution in [0.5, 0.6) is 0 Å². The predicted molar refractivity (Wildman–Crippen MR) is 69.9 cm³/mol. The van der Waals surface area contributed by atoms with Gasteiger partial charge in [-0.3, -0.25) is 4.79 Å². The second-order valence-electron chi connectivity index (χ2n) is 4.55. The summed E-state index contributed by atoms with van der Waals surface area (Å²) >= 11 is 3.31. The van der Waals surface area contributed by atoms with Crippen LogP contribution in [0.1, 0.15) is 23.7 Å². The topological polar surface area (TPSA) is 64.4 Å². The van der Waals surface area contributed by atoms with E-state index in [1.165, 1.54) is 0 Å². The number of hydrogen-bond donors (Lipinski definition) is 2. The van der Waals surface area contributed by atoms with E-state index in [-0.39, 0.29) is 11.4 Å². The van der Waals surface area contributed by atoms with E-state index in [2.05, 4.69) is 21.2 Å². The number of ether oxygens (including phenoxy) is 1. The highest BCUT2D eigenvalue weighted by molar-refractivity contribution is 9.10. The first-order valence-corrected chi connectivity index (χ1v) is 6.25. The van der Waals surface area contributed by atoms with Gasteiger partial charge in [-0.15, -0.1) is 0 Å². The quantitative estimate of drug-likeness (QED) is 0.820. The van der Waals surface area contributed by atoms with Gasteiger partial charge >= 0.3 is 0 Å². The molecule has 1 atom stereocenters. The van der Waals surface area contributed by atoms with Gasteiger partial charge < -0.3 is 15.8 Å². The molecular formula is C12H15BrN2O2. The molecule has 1 fully saturated rings. The minimum absolute atomic E-state index is 0.150. The molecule has 0 aromatic heterocycles. The van der Waals surface area contributed by atoms with Crippen molar-refractivity contribution in [2.24, 2.45) is 0 Å². The Labute approximate surface area is 109 Å². The minimum atomic E-state index is -0.281. The Bertz CT molecular complexity index is 442. The summed E-state index contributed by atoms with van der Waals surface area (Å²) in [5, 5.41) is 2.97. The van der Waals surface area contributed by atoms with Crippen molar-refractivity contribution in [3.63, 3.8) is 0 Å². The number of benzene rings is 1. The lowest BCUT2D eigenvalue weighted by atomic mass is 10.0. The molecule has 1 aromatic carbocycles. The van der Waals surface area contributed by atoms with Crippen molar-refractivity contribution in [2.45, 2.75) is 18.9 Å². The number of hydrogen-bond acceptors (Lipinski definition) is 3. The molecule has 2 rings (SSSR count). The van der Waals surface area contributed by atoms with Crippen LogP contribution < -0.4 is 11.1 Å². The van der Waals surface area contributed by atoms with Crippen LogP contribution in [0.25, 0.3) is 0 Å². The lowest BCUT2D eigenvalue weighted by Crippen LogP contribution is -2.46. The van der Waals surface area contributed by atoms with Gasteiger partial charge in [0.15, 0.2) is 0 Å². The average molecular weight is 299 g/mol. The SMILES string of the molecule is CC1(NC(=O)c2ccc(Br)cc2N)CCOC1. The smallest absolute Gasteiger partial charge is 0.253 e. The van der Waals surface area contributed by atoms with Gasteiger partial charge in [-0.1, -0.05) is 15.9 Å². The van der Waals surface area contributed by atoms with Crippen LogP contribution in [0.2, 0.25) is 0 Å². The van der Waals surface area contributed by atoms with Crippen molar-refractivity contribution in [3.05, 3.63) is 28.2 Å². The second-order valence-corrected chi connectivity index (χ2v) is 5.46. The molecule has 1 aliphatic heterocycles. The zero-order valence-electron chi connectivity index (χ0n) is 9.63. The molecule has 3 N–H and O–H groups in total. The van der Waals surface area contributed by atoms with Gasteiger partial charge in [0.05, 0.1) is 17.7 Å². The summed E-state index contributed by atoms with van der Waals surface area (Å²) in [4.78, 5) is 12.1. The number of halogens is 1. The molecule has 0 spiro atoms. The Balaban J connectivity index is 2.14. The van der Waals surface area contributed by atoms with Crippen molar-refractivity contribution in [3.8, 4) is 0 Å². The normalized spacial score (nSPS) is 23.6. The number of anilines is 1. The van der Waals surface area contributed by atoms with Crippen molar-refractivity contribution in [1.82, 2.24) is 5.32 Å². The summed E-state index contributed by atoms with van der Waals surface area (Å²) in [6, 6.07) is 5.25. The summed E-state index contributed by atoms with van der Waals surface area (Å²) in [6.45, 7) is 3.22. The number of rotatable bonds is 2. The van der Waals surface area contributed by atoms with Gasteiger partial charge in [-0.05, 0) is 31.5 Å². The molecule has 1 heterocycles. The van der Waals surface area contributed by atoms with E-state index in [1.54, 1.807) is 18.2 Å². The Hall–Kier alpha value is -1.07. The summed E-state index contributed by atoms with van der Waals surface area (Å²) in [7, 11) is 0. The number of carbonyl (C=O) groups excluding carboxylic acids is 1. The lowest BCUT2D eigenvalue weighted by molar-refractivity contribution is 0.0891.